The van der Waals surface area contributed by atoms with Crippen molar-refractivity contribution in [1.82, 2.24) is 15.0 Å². The van der Waals surface area contributed by atoms with Gasteiger partial charge in [0.15, 0.2) is 0 Å². The number of aryl methyl sites for hydroxylation is 1. The van der Waals surface area contributed by atoms with Crippen molar-refractivity contribution in [1.29, 1.82) is 0 Å². The monoisotopic (exact) mass is 273 g/mol. The SMILES string of the molecule is CCN(CC)c1nc(N)nc(Oc2ccccc2C)n1. The van der Waals surface area contributed by atoms with E-state index in [1.807, 2.05) is 49.9 Å². The first-order chi connectivity index (χ1) is 9.63. The predicted octanol–water partition coefficient (Wildman–Crippen LogP) is 2.40. The Morgan fingerprint density at radius 2 is 1.80 bits per heavy atom. The molecule has 1 aromatic carbocycles. The molecule has 6 nitrogen and oxygen atoms in total. The van der Waals surface area contributed by atoms with Gasteiger partial charge in [0.25, 0.3) is 0 Å². The Morgan fingerprint density at radius 1 is 1.10 bits per heavy atom. The summed E-state index contributed by atoms with van der Waals surface area (Å²) in [4.78, 5) is 14.5. The van der Waals surface area contributed by atoms with Crippen LogP contribution < -0.4 is 15.4 Å². The van der Waals surface area contributed by atoms with Crippen LogP contribution in [0, 0.1) is 6.92 Å². The van der Waals surface area contributed by atoms with E-state index in [1.165, 1.54) is 0 Å². The lowest BCUT2D eigenvalue weighted by atomic mass is 10.2. The van der Waals surface area contributed by atoms with Gasteiger partial charge in [-0.1, -0.05) is 18.2 Å². The summed E-state index contributed by atoms with van der Waals surface area (Å²) < 4.78 is 5.70. The standard InChI is InChI=1S/C14H19N5O/c1-4-19(5-2)13-16-12(15)17-14(18-13)20-11-9-7-6-8-10(11)3/h6-9H,4-5H2,1-3H3,(H2,15,16,17,18). The van der Waals surface area contributed by atoms with Gasteiger partial charge in [0.05, 0.1) is 0 Å². The molecule has 1 aromatic heterocycles. The number of rotatable bonds is 5. The number of anilines is 2. The topological polar surface area (TPSA) is 77.2 Å². The number of hydrogen-bond donors (Lipinski definition) is 1. The van der Waals surface area contributed by atoms with Crippen molar-refractivity contribution in [3.8, 4) is 11.8 Å². The van der Waals surface area contributed by atoms with Crippen LogP contribution >= 0.6 is 0 Å². The predicted molar refractivity (Wildman–Crippen MR) is 79.1 cm³/mol. The molecule has 106 valence electrons. The summed E-state index contributed by atoms with van der Waals surface area (Å²) in [5, 5.41) is 0. The second-order valence-corrected chi connectivity index (χ2v) is 4.32. The summed E-state index contributed by atoms with van der Waals surface area (Å²) in [5.74, 6) is 1.40. The van der Waals surface area contributed by atoms with Crippen molar-refractivity contribution in [3.05, 3.63) is 29.8 Å². The smallest absolute Gasteiger partial charge is 0.328 e. The molecule has 0 fully saturated rings. The highest BCUT2D eigenvalue weighted by atomic mass is 16.5. The third-order valence-electron chi connectivity index (χ3n) is 2.96. The molecule has 1 heterocycles. The molecule has 0 aliphatic rings. The van der Waals surface area contributed by atoms with Gasteiger partial charge in [0, 0.05) is 13.1 Å². The van der Waals surface area contributed by atoms with E-state index in [0.717, 1.165) is 18.7 Å². The summed E-state index contributed by atoms with van der Waals surface area (Å²) in [7, 11) is 0. The Hall–Kier alpha value is -2.37. The van der Waals surface area contributed by atoms with Gasteiger partial charge in [-0.15, -0.1) is 0 Å². The van der Waals surface area contributed by atoms with Crippen LogP contribution in [0.1, 0.15) is 19.4 Å². The molecule has 0 amide bonds. The van der Waals surface area contributed by atoms with Crippen molar-refractivity contribution in [2.24, 2.45) is 0 Å². The molecule has 0 radical (unpaired) electrons. The van der Waals surface area contributed by atoms with Crippen molar-refractivity contribution < 1.29 is 4.74 Å². The van der Waals surface area contributed by atoms with Crippen LogP contribution in [0.4, 0.5) is 11.9 Å². The molecular formula is C14H19N5O. The molecule has 0 atom stereocenters. The summed E-state index contributed by atoms with van der Waals surface area (Å²) in [6.45, 7) is 7.62. The van der Waals surface area contributed by atoms with Crippen molar-refractivity contribution in [3.63, 3.8) is 0 Å². The van der Waals surface area contributed by atoms with Gasteiger partial charge < -0.3 is 15.4 Å². The molecule has 2 rings (SSSR count). The van der Waals surface area contributed by atoms with E-state index in [0.29, 0.717) is 11.7 Å². The quantitative estimate of drug-likeness (QED) is 0.901. The van der Waals surface area contributed by atoms with Gasteiger partial charge in [-0.3, -0.25) is 0 Å². The van der Waals surface area contributed by atoms with Crippen LogP contribution in [-0.2, 0) is 0 Å². The van der Waals surface area contributed by atoms with Gasteiger partial charge in [0.1, 0.15) is 5.75 Å². The highest BCUT2D eigenvalue weighted by Crippen LogP contribution is 2.23. The molecule has 2 N–H and O–H groups in total. The molecule has 0 unspecified atom stereocenters. The van der Waals surface area contributed by atoms with E-state index in [-0.39, 0.29) is 12.0 Å². The normalized spacial score (nSPS) is 10.3. The number of aromatic nitrogens is 3. The zero-order chi connectivity index (χ0) is 14.5. The van der Waals surface area contributed by atoms with E-state index in [1.54, 1.807) is 0 Å². The number of hydrogen-bond acceptors (Lipinski definition) is 6. The van der Waals surface area contributed by atoms with Crippen LogP contribution in [-0.4, -0.2) is 28.0 Å². The Morgan fingerprint density at radius 3 is 2.45 bits per heavy atom. The van der Waals surface area contributed by atoms with E-state index >= 15 is 0 Å². The average Bonchev–Trinajstić information content (AvgIpc) is 2.42. The summed E-state index contributed by atoms with van der Waals surface area (Å²) in [6, 6.07) is 7.90. The molecule has 6 heteroatoms. The Labute approximate surface area is 118 Å². The van der Waals surface area contributed by atoms with Crippen LogP contribution in [0.3, 0.4) is 0 Å². The van der Waals surface area contributed by atoms with Crippen LogP contribution in [0.2, 0.25) is 0 Å². The summed E-state index contributed by atoms with van der Waals surface area (Å²) in [6.07, 6.45) is 0. The molecule has 0 bridgehead atoms. The van der Waals surface area contributed by atoms with Crippen LogP contribution in [0.25, 0.3) is 0 Å². The number of para-hydroxylation sites is 1. The summed E-state index contributed by atoms with van der Waals surface area (Å²) in [5.41, 5.74) is 6.74. The van der Waals surface area contributed by atoms with Gasteiger partial charge in [-0.2, -0.15) is 15.0 Å². The maximum atomic E-state index is 5.73. The highest BCUT2D eigenvalue weighted by molar-refractivity contribution is 5.38. The van der Waals surface area contributed by atoms with Gasteiger partial charge in [-0.25, -0.2) is 0 Å². The fraction of sp³-hybridized carbons (Fsp3) is 0.357. The van der Waals surface area contributed by atoms with Crippen molar-refractivity contribution in [2.75, 3.05) is 23.7 Å². The number of nitrogen functional groups attached to an aromatic ring is 1. The molecule has 0 aliphatic heterocycles. The molecule has 0 aliphatic carbocycles. The third-order valence-corrected chi connectivity index (χ3v) is 2.96. The lowest BCUT2D eigenvalue weighted by Gasteiger charge is -2.18. The molecule has 2 aromatic rings. The first kappa shape index (κ1) is 14.0. The fourth-order valence-electron chi connectivity index (χ4n) is 1.82. The first-order valence-corrected chi connectivity index (χ1v) is 6.64. The largest absolute Gasteiger partial charge is 0.424 e. The van der Waals surface area contributed by atoms with Crippen molar-refractivity contribution >= 4 is 11.9 Å². The zero-order valence-corrected chi connectivity index (χ0v) is 12.0. The second kappa shape index (κ2) is 6.18. The lowest BCUT2D eigenvalue weighted by Crippen LogP contribution is -2.25. The van der Waals surface area contributed by atoms with E-state index < -0.39 is 0 Å². The molecule has 20 heavy (non-hydrogen) atoms. The minimum Gasteiger partial charge on any atom is -0.424 e. The van der Waals surface area contributed by atoms with Gasteiger partial charge >= 0.3 is 6.01 Å². The third kappa shape index (κ3) is 3.14. The Bertz CT molecular complexity index is 584. The van der Waals surface area contributed by atoms with Crippen molar-refractivity contribution in [2.45, 2.75) is 20.8 Å². The van der Waals surface area contributed by atoms with Gasteiger partial charge in [-0.05, 0) is 32.4 Å². The average molecular weight is 273 g/mol. The fourth-order valence-corrected chi connectivity index (χ4v) is 1.82. The molecule has 0 saturated carbocycles. The minimum absolute atomic E-state index is 0.158. The highest BCUT2D eigenvalue weighted by Gasteiger charge is 2.11. The van der Waals surface area contributed by atoms with E-state index in [9.17, 15) is 0 Å². The van der Waals surface area contributed by atoms with Crippen LogP contribution in [0.5, 0.6) is 11.8 Å². The molecular weight excluding hydrogens is 254 g/mol. The zero-order valence-electron chi connectivity index (χ0n) is 12.0. The van der Waals surface area contributed by atoms with Crippen LogP contribution in [0.15, 0.2) is 24.3 Å². The maximum absolute atomic E-state index is 5.73. The van der Waals surface area contributed by atoms with E-state index in [2.05, 4.69) is 15.0 Å². The number of benzene rings is 1. The molecule has 0 saturated heterocycles. The Kier molecular flexibility index (Phi) is 4.34. The van der Waals surface area contributed by atoms with Gasteiger partial charge in [0.2, 0.25) is 11.9 Å². The first-order valence-electron chi connectivity index (χ1n) is 6.64. The number of nitrogens with zero attached hydrogens (tertiary/aromatic N) is 4. The second-order valence-electron chi connectivity index (χ2n) is 4.32. The maximum Gasteiger partial charge on any atom is 0.328 e. The van der Waals surface area contributed by atoms with E-state index in [4.69, 9.17) is 10.5 Å². The minimum atomic E-state index is 0.158. The molecule has 0 spiro atoms. The summed E-state index contributed by atoms with van der Waals surface area (Å²) >= 11 is 0. The lowest BCUT2D eigenvalue weighted by molar-refractivity contribution is 0.437. The number of ether oxygens (including phenoxy) is 1. The number of nitrogens with two attached hydrogens (primary N) is 1. The Balaban J connectivity index is 2.31.